The monoisotopic (exact) mass is 476 g/mol. The molecule has 2 aliphatic heterocycles. The van der Waals surface area contributed by atoms with Crippen LogP contribution < -0.4 is 9.47 Å². The first-order valence-electron chi connectivity index (χ1n) is 11.9. The Balaban J connectivity index is 1.78. The zero-order valence-corrected chi connectivity index (χ0v) is 20.5. The molecule has 7 nitrogen and oxygen atoms in total. The van der Waals surface area contributed by atoms with Crippen molar-refractivity contribution in [2.45, 2.75) is 31.9 Å². The lowest BCUT2D eigenvalue weighted by molar-refractivity contribution is -0.139. The fourth-order valence-electron chi connectivity index (χ4n) is 4.67. The van der Waals surface area contributed by atoms with Gasteiger partial charge in [-0.05, 0) is 75.4 Å². The molecule has 184 valence electrons. The van der Waals surface area contributed by atoms with E-state index in [1.54, 1.807) is 23.1 Å². The predicted molar refractivity (Wildman–Crippen MR) is 135 cm³/mol. The summed E-state index contributed by atoms with van der Waals surface area (Å²) in [5, 5.41) is 11.4. The van der Waals surface area contributed by atoms with Crippen LogP contribution in [0.3, 0.4) is 0 Å². The highest BCUT2D eigenvalue weighted by molar-refractivity contribution is 6.46. The molecule has 2 atom stereocenters. The first kappa shape index (κ1) is 24.5. The average molecular weight is 477 g/mol. The van der Waals surface area contributed by atoms with Gasteiger partial charge in [0.1, 0.15) is 30.0 Å². The second-order valence-corrected chi connectivity index (χ2v) is 9.28. The molecule has 0 saturated carbocycles. The first-order chi connectivity index (χ1) is 16.8. The van der Waals surface area contributed by atoms with Gasteiger partial charge < -0.3 is 24.4 Å². The van der Waals surface area contributed by atoms with E-state index in [9.17, 15) is 14.7 Å². The fraction of sp³-hybridized carbons (Fsp3) is 0.357. The van der Waals surface area contributed by atoms with Gasteiger partial charge in [-0.25, -0.2) is 0 Å². The summed E-state index contributed by atoms with van der Waals surface area (Å²) < 4.78 is 11.5. The number of ketones is 1. The molecule has 4 rings (SSSR count). The molecule has 0 aliphatic carbocycles. The van der Waals surface area contributed by atoms with Crippen molar-refractivity contribution in [1.82, 2.24) is 9.80 Å². The highest BCUT2D eigenvalue weighted by atomic mass is 16.5. The normalized spacial score (nSPS) is 20.7. The Kier molecular flexibility index (Phi) is 7.26. The molecular weight excluding hydrogens is 444 g/mol. The van der Waals surface area contributed by atoms with Crippen LogP contribution in [0.25, 0.3) is 5.76 Å². The number of aliphatic hydroxyl groups is 1. The van der Waals surface area contributed by atoms with E-state index in [-0.39, 0.29) is 17.4 Å². The molecular formula is C28H32N2O5. The van der Waals surface area contributed by atoms with Crippen molar-refractivity contribution in [2.75, 3.05) is 33.8 Å². The van der Waals surface area contributed by atoms with Crippen LogP contribution in [-0.4, -0.2) is 66.5 Å². The second kappa shape index (κ2) is 10.4. The minimum atomic E-state index is -0.715. The molecule has 0 aromatic heterocycles. The standard InChI is InChI=1S/C28H32N2O5/c1-5-14-34-22-9-6-8-19(17-22)25-24(27(32)28(33)30(25)13-7-12-29(3)4)26(31)20-10-11-23-21(16-20)15-18(2)35-23/h5-6,8-11,16-18,25,31H,1,7,12-15H2,2-4H3/b26-24+/t18-,25-/m0/s1. The molecule has 0 spiro atoms. The Labute approximate surface area is 206 Å². The lowest BCUT2D eigenvalue weighted by atomic mass is 9.94. The maximum Gasteiger partial charge on any atom is 0.295 e. The minimum absolute atomic E-state index is 0.0583. The summed E-state index contributed by atoms with van der Waals surface area (Å²) in [7, 11) is 3.93. The highest BCUT2D eigenvalue weighted by Crippen LogP contribution is 2.41. The topological polar surface area (TPSA) is 79.3 Å². The van der Waals surface area contributed by atoms with E-state index in [0.29, 0.717) is 36.4 Å². The van der Waals surface area contributed by atoms with Crippen molar-refractivity contribution in [2.24, 2.45) is 0 Å². The van der Waals surface area contributed by atoms with Crippen molar-refractivity contribution in [3.63, 3.8) is 0 Å². The number of hydrogen-bond donors (Lipinski definition) is 1. The van der Waals surface area contributed by atoms with Crippen LogP contribution in [0.15, 0.2) is 60.7 Å². The molecule has 0 unspecified atom stereocenters. The van der Waals surface area contributed by atoms with Crippen molar-refractivity contribution >= 4 is 17.4 Å². The fourth-order valence-corrected chi connectivity index (χ4v) is 4.67. The molecule has 7 heteroatoms. The molecule has 1 N–H and O–H groups in total. The molecule has 1 amide bonds. The SMILES string of the molecule is C=CCOc1cccc([C@H]2/C(=C(\O)c3ccc4c(c3)C[C@H](C)O4)C(=O)C(=O)N2CCCN(C)C)c1. The van der Waals surface area contributed by atoms with Crippen molar-refractivity contribution < 1.29 is 24.2 Å². The van der Waals surface area contributed by atoms with Gasteiger partial charge in [0, 0.05) is 18.5 Å². The maximum absolute atomic E-state index is 13.3. The highest BCUT2D eigenvalue weighted by Gasteiger charge is 2.46. The van der Waals surface area contributed by atoms with E-state index < -0.39 is 17.7 Å². The molecule has 2 heterocycles. The number of fused-ring (bicyclic) bond motifs is 1. The third-order valence-corrected chi connectivity index (χ3v) is 6.26. The molecule has 1 fully saturated rings. The summed E-state index contributed by atoms with van der Waals surface area (Å²) >= 11 is 0. The van der Waals surface area contributed by atoms with Crippen LogP contribution >= 0.6 is 0 Å². The molecule has 0 bridgehead atoms. The zero-order chi connectivity index (χ0) is 25.1. The Bertz CT molecular complexity index is 1170. The van der Waals surface area contributed by atoms with Gasteiger partial charge in [0.15, 0.2) is 0 Å². The smallest absolute Gasteiger partial charge is 0.295 e. The summed E-state index contributed by atoms with van der Waals surface area (Å²) in [6.45, 7) is 7.15. The third-order valence-electron chi connectivity index (χ3n) is 6.26. The van der Waals surface area contributed by atoms with Crippen LogP contribution in [0.5, 0.6) is 11.5 Å². The van der Waals surface area contributed by atoms with E-state index in [4.69, 9.17) is 9.47 Å². The van der Waals surface area contributed by atoms with Crippen LogP contribution in [0.4, 0.5) is 0 Å². The predicted octanol–water partition coefficient (Wildman–Crippen LogP) is 3.95. The number of hydrogen-bond acceptors (Lipinski definition) is 6. The van der Waals surface area contributed by atoms with Gasteiger partial charge in [-0.3, -0.25) is 9.59 Å². The second-order valence-electron chi connectivity index (χ2n) is 9.28. The number of benzene rings is 2. The Morgan fingerprint density at radius 1 is 1.26 bits per heavy atom. The molecule has 1 saturated heterocycles. The number of carbonyl (C=O) groups is 2. The van der Waals surface area contributed by atoms with Crippen LogP contribution in [-0.2, 0) is 16.0 Å². The summed E-state index contributed by atoms with van der Waals surface area (Å²) in [6.07, 6.45) is 3.12. The van der Waals surface area contributed by atoms with E-state index in [0.717, 1.165) is 24.3 Å². The van der Waals surface area contributed by atoms with Crippen LogP contribution in [0, 0.1) is 0 Å². The van der Waals surface area contributed by atoms with Gasteiger partial charge in [-0.1, -0.05) is 24.8 Å². The molecule has 0 radical (unpaired) electrons. The van der Waals surface area contributed by atoms with Gasteiger partial charge >= 0.3 is 0 Å². The van der Waals surface area contributed by atoms with Crippen molar-refractivity contribution in [3.8, 4) is 11.5 Å². The van der Waals surface area contributed by atoms with Crippen molar-refractivity contribution in [3.05, 3.63) is 77.4 Å². The lowest BCUT2D eigenvalue weighted by Crippen LogP contribution is -2.32. The van der Waals surface area contributed by atoms with Gasteiger partial charge in [-0.2, -0.15) is 0 Å². The van der Waals surface area contributed by atoms with Gasteiger partial charge in [-0.15, -0.1) is 0 Å². The maximum atomic E-state index is 13.3. The third kappa shape index (κ3) is 5.10. The quantitative estimate of drug-likeness (QED) is 0.256. The first-order valence-corrected chi connectivity index (χ1v) is 11.9. The van der Waals surface area contributed by atoms with Crippen LogP contribution in [0.2, 0.25) is 0 Å². The van der Waals surface area contributed by atoms with E-state index in [1.807, 2.05) is 56.3 Å². The lowest BCUT2D eigenvalue weighted by Gasteiger charge is -2.26. The van der Waals surface area contributed by atoms with E-state index in [1.165, 1.54) is 0 Å². The number of nitrogens with zero attached hydrogens (tertiary/aromatic N) is 2. The minimum Gasteiger partial charge on any atom is -0.507 e. The van der Waals surface area contributed by atoms with Gasteiger partial charge in [0.25, 0.3) is 11.7 Å². The number of aliphatic hydroxyl groups excluding tert-OH is 1. The summed E-state index contributed by atoms with van der Waals surface area (Å²) in [5.74, 6) is -0.0827. The number of Topliss-reactive ketones (excluding diaryl/α,β-unsaturated/α-hetero) is 1. The molecule has 2 aromatic carbocycles. The molecule has 35 heavy (non-hydrogen) atoms. The largest absolute Gasteiger partial charge is 0.507 e. The van der Waals surface area contributed by atoms with Gasteiger partial charge in [0.2, 0.25) is 0 Å². The number of rotatable bonds is 9. The number of likely N-dealkylation sites (tertiary alicyclic amines) is 1. The summed E-state index contributed by atoms with van der Waals surface area (Å²) in [5.41, 5.74) is 2.26. The van der Waals surface area contributed by atoms with E-state index >= 15 is 0 Å². The number of ether oxygens (including phenoxy) is 2. The average Bonchev–Trinajstić information content (AvgIpc) is 3.33. The molecule has 2 aliphatic rings. The van der Waals surface area contributed by atoms with Crippen LogP contribution in [0.1, 0.15) is 36.1 Å². The molecule has 2 aromatic rings. The van der Waals surface area contributed by atoms with Crippen molar-refractivity contribution in [1.29, 1.82) is 0 Å². The summed E-state index contributed by atoms with van der Waals surface area (Å²) in [6, 6.07) is 12.0. The number of carbonyl (C=O) groups excluding carboxylic acids is 2. The Morgan fingerprint density at radius 3 is 2.80 bits per heavy atom. The Hall–Kier alpha value is -3.58. The summed E-state index contributed by atoms with van der Waals surface area (Å²) in [4.78, 5) is 30.0. The van der Waals surface area contributed by atoms with E-state index in [2.05, 4.69) is 6.58 Å². The van der Waals surface area contributed by atoms with Gasteiger partial charge in [0.05, 0.1) is 11.6 Å². The number of amides is 1. The Morgan fingerprint density at radius 2 is 2.06 bits per heavy atom. The zero-order valence-electron chi connectivity index (χ0n) is 20.5.